The first-order valence-corrected chi connectivity index (χ1v) is 8.52. The van der Waals surface area contributed by atoms with E-state index in [4.69, 9.17) is 5.73 Å². The third kappa shape index (κ3) is 3.33. The molecule has 3 rings (SSSR count). The highest BCUT2D eigenvalue weighted by molar-refractivity contribution is 6.04. The number of carbonyl (C=O) groups is 1. The van der Waals surface area contributed by atoms with Gasteiger partial charge in [-0.15, -0.1) is 0 Å². The fraction of sp³-hybridized carbons (Fsp3) is 0.500. The van der Waals surface area contributed by atoms with Gasteiger partial charge in [0.25, 0.3) is 11.5 Å². The van der Waals surface area contributed by atoms with Crippen LogP contribution in [-0.4, -0.2) is 28.3 Å². The van der Waals surface area contributed by atoms with Crippen molar-refractivity contribution in [3.63, 3.8) is 0 Å². The summed E-state index contributed by atoms with van der Waals surface area (Å²) >= 11 is 0. The van der Waals surface area contributed by atoms with Gasteiger partial charge in [0.1, 0.15) is 0 Å². The molecule has 1 atom stereocenters. The summed E-state index contributed by atoms with van der Waals surface area (Å²) in [5, 5.41) is 8.47. The standard InChI is InChI=1S/C18H24N4O2/c1-11(2)10-22-18(24)14-6-4-3-5-13(14)16(21-22)17(23)20-15(9-19)12-7-8-12/h3-6,11-12,15H,7-10,19H2,1-2H3,(H,20,23). The average molecular weight is 328 g/mol. The number of amides is 1. The van der Waals surface area contributed by atoms with Crippen LogP contribution in [-0.2, 0) is 6.54 Å². The average Bonchev–Trinajstić information content (AvgIpc) is 3.39. The second-order valence-corrected chi connectivity index (χ2v) is 6.93. The Morgan fingerprint density at radius 3 is 2.58 bits per heavy atom. The molecule has 6 nitrogen and oxygen atoms in total. The minimum atomic E-state index is -0.258. The lowest BCUT2D eigenvalue weighted by Crippen LogP contribution is -2.42. The normalized spacial score (nSPS) is 15.7. The Labute approximate surface area is 141 Å². The van der Waals surface area contributed by atoms with Gasteiger partial charge in [-0.25, -0.2) is 4.68 Å². The lowest BCUT2D eigenvalue weighted by Gasteiger charge is -2.17. The van der Waals surface area contributed by atoms with Gasteiger partial charge in [-0.3, -0.25) is 9.59 Å². The highest BCUT2D eigenvalue weighted by atomic mass is 16.2. The molecule has 1 unspecified atom stereocenters. The summed E-state index contributed by atoms with van der Waals surface area (Å²) in [6.45, 7) is 4.92. The van der Waals surface area contributed by atoms with Gasteiger partial charge in [-0.1, -0.05) is 32.0 Å². The van der Waals surface area contributed by atoms with E-state index in [0.29, 0.717) is 35.5 Å². The molecule has 1 aliphatic rings. The molecule has 1 fully saturated rings. The summed E-state index contributed by atoms with van der Waals surface area (Å²) in [4.78, 5) is 25.3. The Kier molecular flexibility index (Phi) is 4.66. The molecule has 1 aromatic carbocycles. The summed E-state index contributed by atoms with van der Waals surface area (Å²) in [6.07, 6.45) is 2.20. The maximum absolute atomic E-state index is 12.8. The second kappa shape index (κ2) is 6.73. The minimum Gasteiger partial charge on any atom is -0.346 e. The number of nitrogens with two attached hydrogens (primary N) is 1. The largest absolute Gasteiger partial charge is 0.346 e. The van der Waals surface area contributed by atoms with Gasteiger partial charge in [0, 0.05) is 24.5 Å². The van der Waals surface area contributed by atoms with E-state index in [-0.39, 0.29) is 23.4 Å². The van der Waals surface area contributed by atoms with Crippen LogP contribution in [0.15, 0.2) is 29.1 Å². The highest BCUT2D eigenvalue weighted by Gasteiger charge is 2.32. The Balaban J connectivity index is 2.03. The van der Waals surface area contributed by atoms with Crippen molar-refractivity contribution in [1.29, 1.82) is 0 Å². The molecule has 0 spiro atoms. The Morgan fingerprint density at radius 1 is 1.33 bits per heavy atom. The first kappa shape index (κ1) is 16.6. The number of rotatable bonds is 6. The molecule has 0 aliphatic heterocycles. The minimum absolute atomic E-state index is 0.0245. The van der Waals surface area contributed by atoms with E-state index in [2.05, 4.69) is 10.4 Å². The Morgan fingerprint density at radius 2 is 2.00 bits per heavy atom. The summed E-state index contributed by atoms with van der Waals surface area (Å²) in [5.41, 5.74) is 5.92. The van der Waals surface area contributed by atoms with Crippen LogP contribution in [0.5, 0.6) is 0 Å². The van der Waals surface area contributed by atoms with E-state index >= 15 is 0 Å². The highest BCUT2D eigenvalue weighted by Crippen LogP contribution is 2.32. The molecule has 6 heteroatoms. The van der Waals surface area contributed by atoms with Gasteiger partial charge in [-0.05, 0) is 30.7 Å². The van der Waals surface area contributed by atoms with Gasteiger partial charge in [-0.2, -0.15) is 5.10 Å². The van der Waals surface area contributed by atoms with E-state index in [0.717, 1.165) is 12.8 Å². The SMILES string of the molecule is CC(C)Cn1nc(C(=O)NC(CN)C2CC2)c2ccccc2c1=O. The number of aromatic nitrogens is 2. The van der Waals surface area contributed by atoms with Crippen LogP contribution >= 0.6 is 0 Å². The van der Waals surface area contributed by atoms with Crippen molar-refractivity contribution in [2.75, 3.05) is 6.54 Å². The third-order valence-corrected chi connectivity index (χ3v) is 4.38. The van der Waals surface area contributed by atoms with Crippen LogP contribution in [0, 0.1) is 11.8 Å². The van der Waals surface area contributed by atoms with Gasteiger partial charge in [0.2, 0.25) is 0 Å². The fourth-order valence-electron chi connectivity index (χ4n) is 2.98. The van der Waals surface area contributed by atoms with E-state index in [1.165, 1.54) is 4.68 Å². The smallest absolute Gasteiger partial charge is 0.274 e. The molecular formula is C18H24N4O2. The number of hydrogen-bond donors (Lipinski definition) is 2. The zero-order valence-electron chi connectivity index (χ0n) is 14.2. The van der Waals surface area contributed by atoms with Crippen molar-refractivity contribution >= 4 is 16.7 Å². The Bertz CT molecular complexity index is 808. The number of carbonyl (C=O) groups excluding carboxylic acids is 1. The molecule has 128 valence electrons. The first-order chi connectivity index (χ1) is 11.5. The van der Waals surface area contributed by atoms with E-state index < -0.39 is 0 Å². The monoisotopic (exact) mass is 328 g/mol. The molecule has 0 saturated heterocycles. The van der Waals surface area contributed by atoms with Crippen molar-refractivity contribution in [2.45, 2.75) is 39.3 Å². The fourth-order valence-corrected chi connectivity index (χ4v) is 2.98. The van der Waals surface area contributed by atoms with Crippen LogP contribution in [0.3, 0.4) is 0 Å². The van der Waals surface area contributed by atoms with Crippen LogP contribution in [0.25, 0.3) is 10.8 Å². The molecular weight excluding hydrogens is 304 g/mol. The first-order valence-electron chi connectivity index (χ1n) is 8.52. The zero-order chi connectivity index (χ0) is 17.3. The number of benzene rings is 1. The van der Waals surface area contributed by atoms with E-state index in [9.17, 15) is 9.59 Å². The zero-order valence-corrected chi connectivity index (χ0v) is 14.2. The van der Waals surface area contributed by atoms with Crippen LogP contribution in [0.2, 0.25) is 0 Å². The maximum atomic E-state index is 12.8. The molecule has 1 heterocycles. The van der Waals surface area contributed by atoms with Gasteiger partial charge in [0.05, 0.1) is 5.39 Å². The number of hydrogen-bond acceptors (Lipinski definition) is 4. The summed E-state index contributed by atoms with van der Waals surface area (Å²) < 4.78 is 1.40. The lowest BCUT2D eigenvalue weighted by molar-refractivity contribution is 0.0927. The lowest BCUT2D eigenvalue weighted by atomic mass is 10.1. The molecule has 0 bridgehead atoms. The molecule has 1 amide bonds. The quantitative estimate of drug-likeness (QED) is 0.841. The Hall–Kier alpha value is -2.21. The topological polar surface area (TPSA) is 90.0 Å². The third-order valence-electron chi connectivity index (χ3n) is 4.38. The van der Waals surface area contributed by atoms with Crippen molar-refractivity contribution in [3.8, 4) is 0 Å². The summed E-state index contributed by atoms with van der Waals surface area (Å²) in [5.74, 6) is 0.466. The number of nitrogens with zero attached hydrogens (tertiary/aromatic N) is 2. The molecule has 24 heavy (non-hydrogen) atoms. The molecule has 1 aromatic heterocycles. The van der Waals surface area contributed by atoms with Crippen LogP contribution in [0.1, 0.15) is 37.2 Å². The second-order valence-electron chi connectivity index (χ2n) is 6.93. The number of nitrogens with one attached hydrogen (secondary N) is 1. The van der Waals surface area contributed by atoms with E-state index in [1.54, 1.807) is 18.2 Å². The molecule has 1 saturated carbocycles. The van der Waals surface area contributed by atoms with Crippen molar-refractivity contribution < 1.29 is 4.79 Å². The summed E-state index contributed by atoms with van der Waals surface area (Å²) in [6, 6.07) is 7.11. The van der Waals surface area contributed by atoms with Crippen molar-refractivity contribution in [3.05, 3.63) is 40.3 Å². The van der Waals surface area contributed by atoms with Crippen molar-refractivity contribution in [2.24, 2.45) is 17.6 Å². The van der Waals surface area contributed by atoms with Crippen LogP contribution in [0.4, 0.5) is 0 Å². The summed E-state index contributed by atoms with van der Waals surface area (Å²) in [7, 11) is 0. The van der Waals surface area contributed by atoms with Gasteiger partial charge >= 0.3 is 0 Å². The van der Waals surface area contributed by atoms with Gasteiger partial charge < -0.3 is 11.1 Å². The number of fused-ring (bicyclic) bond motifs is 1. The maximum Gasteiger partial charge on any atom is 0.274 e. The molecule has 2 aromatic rings. The molecule has 0 radical (unpaired) electrons. The van der Waals surface area contributed by atoms with Crippen molar-refractivity contribution in [1.82, 2.24) is 15.1 Å². The molecule has 3 N–H and O–H groups in total. The van der Waals surface area contributed by atoms with E-state index in [1.807, 2.05) is 19.9 Å². The predicted molar refractivity (Wildman–Crippen MR) is 93.9 cm³/mol. The predicted octanol–water partition coefficient (Wildman–Crippen LogP) is 1.52. The molecule has 1 aliphatic carbocycles. The van der Waals surface area contributed by atoms with Gasteiger partial charge in [0.15, 0.2) is 5.69 Å². The van der Waals surface area contributed by atoms with Crippen LogP contribution < -0.4 is 16.6 Å².